The van der Waals surface area contributed by atoms with Crippen molar-refractivity contribution >= 4 is 28.3 Å². The molecule has 1 saturated heterocycles. The first-order chi connectivity index (χ1) is 9.75. The molecule has 0 aromatic carbocycles. The van der Waals surface area contributed by atoms with Crippen LogP contribution in [0.15, 0.2) is 24.5 Å². The maximum atomic E-state index is 11.7. The molecule has 0 saturated carbocycles. The topological polar surface area (TPSA) is 84.1 Å². The third-order valence-electron chi connectivity index (χ3n) is 3.20. The minimum atomic E-state index is 0.0339. The number of aromatic nitrogens is 2. The molecule has 1 aliphatic rings. The van der Waals surface area contributed by atoms with Crippen LogP contribution in [0.2, 0.25) is 0 Å². The third-order valence-corrected chi connectivity index (χ3v) is 4.12. The number of carbonyl (C=O) groups is 1. The first kappa shape index (κ1) is 12.9. The monoisotopic (exact) mass is 289 g/mol. The van der Waals surface area contributed by atoms with Crippen molar-refractivity contribution in [1.82, 2.24) is 14.7 Å². The Morgan fingerprint density at radius 3 is 3.15 bits per heavy atom. The molecular formula is C13H15N5OS. The molecule has 3 N–H and O–H groups in total. The predicted molar refractivity (Wildman–Crippen MR) is 79.6 cm³/mol. The lowest BCUT2D eigenvalue weighted by molar-refractivity contribution is -0.119. The first-order valence-electron chi connectivity index (χ1n) is 6.43. The fourth-order valence-corrected chi connectivity index (χ4v) is 3.13. The number of hydrogen-bond acceptors (Lipinski definition) is 6. The van der Waals surface area contributed by atoms with E-state index in [0.29, 0.717) is 18.9 Å². The van der Waals surface area contributed by atoms with Gasteiger partial charge in [0, 0.05) is 31.0 Å². The second-order valence-electron chi connectivity index (χ2n) is 4.61. The Balaban J connectivity index is 2.00. The molecule has 104 valence electrons. The van der Waals surface area contributed by atoms with E-state index in [2.05, 4.69) is 14.7 Å². The van der Waals surface area contributed by atoms with Gasteiger partial charge in [0.2, 0.25) is 5.91 Å². The molecular weight excluding hydrogens is 274 g/mol. The van der Waals surface area contributed by atoms with E-state index in [4.69, 9.17) is 5.73 Å². The second kappa shape index (κ2) is 5.46. The van der Waals surface area contributed by atoms with E-state index in [0.717, 1.165) is 29.1 Å². The van der Waals surface area contributed by atoms with Gasteiger partial charge in [-0.1, -0.05) is 6.07 Å². The highest BCUT2D eigenvalue weighted by molar-refractivity contribution is 7.11. The van der Waals surface area contributed by atoms with Crippen LogP contribution in [0.1, 0.15) is 6.42 Å². The molecule has 0 spiro atoms. The van der Waals surface area contributed by atoms with Crippen molar-refractivity contribution in [2.24, 2.45) is 0 Å². The van der Waals surface area contributed by atoms with Gasteiger partial charge in [-0.15, -0.1) is 0 Å². The number of rotatable bonds is 2. The average molecular weight is 289 g/mol. The van der Waals surface area contributed by atoms with Crippen molar-refractivity contribution in [3.8, 4) is 11.1 Å². The number of nitrogens with two attached hydrogens (primary N) is 1. The molecule has 3 rings (SSSR count). The zero-order chi connectivity index (χ0) is 13.9. The van der Waals surface area contributed by atoms with Crippen LogP contribution >= 0.6 is 11.5 Å². The Hall–Kier alpha value is -2.15. The molecule has 0 radical (unpaired) electrons. The molecule has 3 heterocycles. The van der Waals surface area contributed by atoms with Crippen LogP contribution in [-0.4, -0.2) is 34.9 Å². The molecule has 2 aromatic rings. The van der Waals surface area contributed by atoms with Gasteiger partial charge in [-0.2, -0.15) is 4.37 Å². The molecule has 1 aliphatic heterocycles. The van der Waals surface area contributed by atoms with E-state index in [1.54, 1.807) is 12.4 Å². The Labute approximate surface area is 120 Å². The summed E-state index contributed by atoms with van der Waals surface area (Å²) in [6.07, 6.45) is 4.40. The third kappa shape index (κ3) is 2.44. The van der Waals surface area contributed by atoms with Crippen LogP contribution in [0.4, 0.5) is 10.8 Å². The number of pyridine rings is 1. The summed E-state index contributed by atoms with van der Waals surface area (Å²) in [6, 6.07) is 3.82. The normalized spacial score (nSPS) is 15.8. The fourth-order valence-electron chi connectivity index (χ4n) is 2.27. The Kier molecular flexibility index (Phi) is 3.51. The summed E-state index contributed by atoms with van der Waals surface area (Å²) in [6.45, 7) is 1.87. The number of carbonyl (C=O) groups excluding carboxylic acids is 1. The lowest BCUT2D eigenvalue weighted by Crippen LogP contribution is -2.32. The average Bonchev–Trinajstić information content (AvgIpc) is 2.71. The zero-order valence-corrected chi connectivity index (χ0v) is 11.7. The number of hydrogen-bond donors (Lipinski definition) is 2. The highest BCUT2D eigenvalue weighted by Gasteiger charge is 2.22. The van der Waals surface area contributed by atoms with Crippen molar-refractivity contribution in [3.63, 3.8) is 0 Å². The molecule has 0 bridgehead atoms. The zero-order valence-electron chi connectivity index (χ0n) is 10.9. The summed E-state index contributed by atoms with van der Waals surface area (Å²) in [5.41, 5.74) is 7.80. The number of amides is 1. The predicted octanol–water partition coefficient (Wildman–Crippen LogP) is 1.11. The highest BCUT2D eigenvalue weighted by Crippen LogP contribution is 2.39. The van der Waals surface area contributed by atoms with Crippen LogP contribution in [-0.2, 0) is 4.79 Å². The molecule has 1 fully saturated rings. The SMILES string of the molecule is Nc1nsc(N2CCCNC(=O)C2)c1-c1cccnc1. The number of nitrogens with zero attached hydrogens (tertiary/aromatic N) is 3. The van der Waals surface area contributed by atoms with Crippen molar-refractivity contribution in [2.75, 3.05) is 30.3 Å². The molecule has 0 atom stereocenters. The van der Waals surface area contributed by atoms with Gasteiger partial charge >= 0.3 is 0 Å². The van der Waals surface area contributed by atoms with E-state index < -0.39 is 0 Å². The van der Waals surface area contributed by atoms with Crippen molar-refractivity contribution in [3.05, 3.63) is 24.5 Å². The van der Waals surface area contributed by atoms with Crippen LogP contribution in [0, 0.1) is 0 Å². The maximum absolute atomic E-state index is 11.7. The van der Waals surface area contributed by atoms with Crippen LogP contribution < -0.4 is 16.0 Å². The Bertz CT molecular complexity index is 612. The molecule has 2 aromatic heterocycles. The van der Waals surface area contributed by atoms with Crippen molar-refractivity contribution in [2.45, 2.75) is 6.42 Å². The van der Waals surface area contributed by atoms with Gasteiger partial charge in [0.05, 0.1) is 12.1 Å². The maximum Gasteiger partial charge on any atom is 0.239 e. The van der Waals surface area contributed by atoms with E-state index in [9.17, 15) is 4.79 Å². The van der Waals surface area contributed by atoms with Crippen molar-refractivity contribution in [1.29, 1.82) is 0 Å². The van der Waals surface area contributed by atoms with Crippen LogP contribution in [0.5, 0.6) is 0 Å². The standard InChI is InChI=1S/C13H15N5OS/c14-12-11(9-3-1-4-15-7-9)13(20-17-12)18-6-2-5-16-10(19)8-18/h1,3-4,7H,2,5-6,8H2,(H2,14,17)(H,16,19). The minimum Gasteiger partial charge on any atom is -0.382 e. The summed E-state index contributed by atoms with van der Waals surface area (Å²) in [7, 11) is 0. The largest absolute Gasteiger partial charge is 0.382 e. The lowest BCUT2D eigenvalue weighted by atomic mass is 10.1. The smallest absolute Gasteiger partial charge is 0.239 e. The summed E-state index contributed by atoms with van der Waals surface area (Å²) in [5, 5.41) is 3.81. The summed E-state index contributed by atoms with van der Waals surface area (Å²) in [4.78, 5) is 17.9. The number of anilines is 2. The van der Waals surface area contributed by atoms with Crippen LogP contribution in [0.3, 0.4) is 0 Å². The lowest BCUT2D eigenvalue weighted by Gasteiger charge is -2.20. The molecule has 0 aliphatic carbocycles. The van der Waals surface area contributed by atoms with Gasteiger partial charge in [0.25, 0.3) is 0 Å². The molecule has 20 heavy (non-hydrogen) atoms. The minimum absolute atomic E-state index is 0.0339. The molecule has 6 nitrogen and oxygen atoms in total. The number of nitrogen functional groups attached to an aromatic ring is 1. The van der Waals surface area contributed by atoms with Gasteiger partial charge in [-0.05, 0) is 24.0 Å². The molecule has 7 heteroatoms. The molecule has 1 amide bonds. The highest BCUT2D eigenvalue weighted by atomic mass is 32.1. The summed E-state index contributed by atoms with van der Waals surface area (Å²) in [5.74, 6) is 0.522. The van der Waals surface area contributed by atoms with Gasteiger partial charge in [-0.3, -0.25) is 9.78 Å². The molecule has 0 unspecified atom stereocenters. The van der Waals surface area contributed by atoms with Gasteiger partial charge in [0.15, 0.2) is 0 Å². The fraction of sp³-hybridized carbons (Fsp3) is 0.308. The second-order valence-corrected chi connectivity index (χ2v) is 5.37. The van der Waals surface area contributed by atoms with Gasteiger partial charge in [0.1, 0.15) is 10.8 Å². The summed E-state index contributed by atoms with van der Waals surface area (Å²) >= 11 is 1.33. The van der Waals surface area contributed by atoms with Gasteiger partial charge < -0.3 is 16.0 Å². The van der Waals surface area contributed by atoms with E-state index in [-0.39, 0.29) is 5.91 Å². The van der Waals surface area contributed by atoms with Gasteiger partial charge in [-0.25, -0.2) is 0 Å². The Morgan fingerprint density at radius 2 is 2.35 bits per heavy atom. The Morgan fingerprint density at radius 1 is 1.45 bits per heavy atom. The van der Waals surface area contributed by atoms with Crippen molar-refractivity contribution < 1.29 is 4.79 Å². The van der Waals surface area contributed by atoms with Crippen LogP contribution in [0.25, 0.3) is 11.1 Å². The van der Waals surface area contributed by atoms with E-state index in [1.165, 1.54) is 11.5 Å². The van der Waals surface area contributed by atoms with E-state index in [1.807, 2.05) is 17.0 Å². The summed E-state index contributed by atoms with van der Waals surface area (Å²) < 4.78 is 4.24. The number of nitrogens with one attached hydrogen (secondary N) is 1. The first-order valence-corrected chi connectivity index (χ1v) is 7.20. The quantitative estimate of drug-likeness (QED) is 0.865. The van der Waals surface area contributed by atoms with E-state index >= 15 is 0 Å².